The van der Waals surface area contributed by atoms with Crippen molar-refractivity contribution in [1.29, 1.82) is 0 Å². The molecular weight excluding hydrogens is 464 g/mol. The first-order chi connectivity index (χ1) is 16.7. The van der Waals surface area contributed by atoms with Crippen LogP contribution in [0.3, 0.4) is 0 Å². The van der Waals surface area contributed by atoms with Crippen LogP contribution in [0.2, 0.25) is 0 Å². The van der Waals surface area contributed by atoms with E-state index in [9.17, 15) is 0 Å². The highest BCUT2D eigenvalue weighted by molar-refractivity contribution is 7.98. The van der Waals surface area contributed by atoms with Gasteiger partial charge in [-0.25, -0.2) is 9.97 Å². The Labute approximate surface area is 208 Å². The number of nitrogens with zero attached hydrogens (tertiary/aromatic N) is 2. The summed E-state index contributed by atoms with van der Waals surface area (Å²) in [5, 5.41) is 8.93. The third-order valence-corrected chi connectivity index (χ3v) is 7.93. The summed E-state index contributed by atoms with van der Waals surface area (Å²) in [4.78, 5) is 10.6. The van der Waals surface area contributed by atoms with Crippen molar-refractivity contribution < 1.29 is 9.47 Å². The molecule has 0 saturated carbocycles. The van der Waals surface area contributed by atoms with E-state index in [0.717, 1.165) is 64.5 Å². The molecule has 0 radical (unpaired) electrons. The fourth-order valence-electron chi connectivity index (χ4n) is 4.44. The lowest BCUT2D eigenvalue weighted by Gasteiger charge is -2.24. The molecule has 2 aromatic carbocycles. The van der Waals surface area contributed by atoms with Gasteiger partial charge in [0.05, 0.1) is 36.3 Å². The van der Waals surface area contributed by atoms with Crippen LogP contribution in [0.5, 0.6) is 11.5 Å². The molecule has 1 saturated heterocycles. The van der Waals surface area contributed by atoms with Crippen LogP contribution in [0.25, 0.3) is 21.3 Å². The van der Waals surface area contributed by atoms with E-state index < -0.39 is 0 Å². The van der Waals surface area contributed by atoms with Crippen molar-refractivity contribution >= 4 is 45.0 Å². The zero-order valence-electron chi connectivity index (χ0n) is 19.6. The fraction of sp³-hybridized carbons (Fsp3) is 0.308. The van der Waals surface area contributed by atoms with Gasteiger partial charge in [-0.3, -0.25) is 0 Å². The number of hydrogen-bond donors (Lipinski definition) is 2. The van der Waals surface area contributed by atoms with Gasteiger partial charge in [0, 0.05) is 21.4 Å². The molecular formula is C26H28N4O2S2. The molecule has 0 atom stereocenters. The summed E-state index contributed by atoms with van der Waals surface area (Å²) in [6, 6.07) is 12.6. The summed E-state index contributed by atoms with van der Waals surface area (Å²) < 4.78 is 12.4. The maximum absolute atomic E-state index is 5.72. The number of hydrogen-bond acceptors (Lipinski definition) is 8. The van der Waals surface area contributed by atoms with E-state index in [-0.39, 0.29) is 0 Å². The number of ether oxygens (including phenoxy) is 2. The minimum atomic E-state index is 0.542. The Morgan fingerprint density at radius 3 is 2.62 bits per heavy atom. The molecule has 1 aliphatic rings. The number of fused-ring (bicyclic) bond motifs is 1. The number of anilines is 2. The van der Waals surface area contributed by atoms with Gasteiger partial charge in [0.15, 0.2) is 0 Å². The molecule has 0 unspecified atom stereocenters. The van der Waals surface area contributed by atoms with Gasteiger partial charge in [-0.15, -0.1) is 23.1 Å². The lowest BCUT2D eigenvalue weighted by Crippen LogP contribution is -2.26. The summed E-state index contributed by atoms with van der Waals surface area (Å²) in [5.74, 6) is 2.75. The van der Waals surface area contributed by atoms with E-state index in [1.54, 1.807) is 37.3 Å². The molecule has 5 rings (SSSR count). The predicted molar refractivity (Wildman–Crippen MR) is 142 cm³/mol. The van der Waals surface area contributed by atoms with E-state index >= 15 is 0 Å². The molecule has 2 aromatic heterocycles. The summed E-state index contributed by atoms with van der Waals surface area (Å²) in [5.41, 5.74) is 5.17. The highest BCUT2D eigenvalue weighted by Crippen LogP contribution is 2.40. The van der Waals surface area contributed by atoms with Gasteiger partial charge in [0.1, 0.15) is 11.5 Å². The van der Waals surface area contributed by atoms with Crippen molar-refractivity contribution in [3.8, 4) is 22.6 Å². The van der Waals surface area contributed by atoms with Gasteiger partial charge in [0.2, 0.25) is 5.95 Å². The summed E-state index contributed by atoms with van der Waals surface area (Å²) in [7, 11) is 3.41. The molecule has 3 heterocycles. The average molecular weight is 493 g/mol. The van der Waals surface area contributed by atoms with Crippen LogP contribution >= 0.6 is 23.1 Å². The summed E-state index contributed by atoms with van der Waals surface area (Å²) in [6.45, 7) is 2.13. The van der Waals surface area contributed by atoms with Crippen LogP contribution < -0.4 is 20.1 Å². The minimum absolute atomic E-state index is 0.542. The van der Waals surface area contributed by atoms with Crippen LogP contribution in [-0.2, 0) is 0 Å². The van der Waals surface area contributed by atoms with Crippen LogP contribution in [0.15, 0.2) is 52.9 Å². The zero-order valence-corrected chi connectivity index (χ0v) is 21.2. The first-order valence-electron chi connectivity index (χ1n) is 11.3. The number of rotatable bonds is 7. The molecule has 4 aromatic rings. The van der Waals surface area contributed by atoms with Gasteiger partial charge < -0.3 is 20.1 Å². The van der Waals surface area contributed by atoms with Gasteiger partial charge in [-0.05, 0) is 74.0 Å². The highest BCUT2D eigenvalue weighted by atomic mass is 32.2. The molecule has 176 valence electrons. The molecule has 0 aliphatic carbocycles. The molecule has 0 bridgehead atoms. The molecule has 2 N–H and O–H groups in total. The molecule has 1 fully saturated rings. The second kappa shape index (κ2) is 10.2. The monoisotopic (exact) mass is 492 g/mol. The number of thioether (sulfide) groups is 1. The van der Waals surface area contributed by atoms with Crippen molar-refractivity contribution in [2.75, 3.05) is 38.9 Å². The van der Waals surface area contributed by atoms with Crippen LogP contribution in [0.4, 0.5) is 11.6 Å². The fourth-order valence-corrected chi connectivity index (χ4v) is 5.75. The van der Waals surface area contributed by atoms with Gasteiger partial charge in [-0.1, -0.05) is 6.07 Å². The van der Waals surface area contributed by atoms with Gasteiger partial charge in [0.25, 0.3) is 0 Å². The lowest BCUT2D eigenvalue weighted by atomic mass is 9.90. The SMILES string of the molecule is COc1cc(C2CCNCC2)ccc1Nc1ncc2scc(-c3cc(SC)ccc3OC)c2n1. The van der Waals surface area contributed by atoms with E-state index in [4.69, 9.17) is 14.5 Å². The number of thiophene rings is 1. The second-order valence-corrected chi connectivity index (χ2v) is 10.0. The average Bonchev–Trinajstić information content (AvgIpc) is 3.32. The van der Waals surface area contributed by atoms with Gasteiger partial charge >= 0.3 is 0 Å². The highest BCUT2D eigenvalue weighted by Gasteiger charge is 2.18. The third kappa shape index (κ3) is 4.58. The van der Waals surface area contributed by atoms with Crippen LogP contribution in [0, 0.1) is 0 Å². The standard InChI is InChI=1S/C26H28N4O2S2/c1-31-22-7-5-18(33-3)13-19(22)20-15-34-24-14-28-26(30-25(20)24)29-21-6-4-17(12-23(21)32-2)16-8-10-27-11-9-16/h4-7,12-16,27H,8-11H2,1-3H3,(H,28,29,30). The van der Waals surface area contributed by atoms with Crippen molar-refractivity contribution in [1.82, 2.24) is 15.3 Å². The van der Waals surface area contributed by atoms with Crippen LogP contribution in [-0.4, -0.2) is 43.5 Å². The number of piperidine rings is 1. The van der Waals surface area contributed by atoms with Crippen LogP contribution in [0.1, 0.15) is 24.3 Å². The van der Waals surface area contributed by atoms with Crippen molar-refractivity contribution in [3.63, 3.8) is 0 Å². The first kappa shape index (κ1) is 23.0. The van der Waals surface area contributed by atoms with E-state index in [1.165, 1.54) is 10.5 Å². The predicted octanol–water partition coefficient (Wildman–Crippen LogP) is 6.31. The first-order valence-corrected chi connectivity index (χ1v) is 13.4. The number of benzene rings is 2. The van der Waals surface area contributed by atoms with Gasteiger partial charge in [-0.2, -0.15) is 0 Å². The molecule has 1 aliphatic heterocycles. The Kier molecular flexibility index (Phi) is 6.89. The molecule has 0 spiro atoms. The maximum atomic E-state index is 5.72. The van der Waals surface area contributed by atoms with Crippen molar-refractivity contribution in [2.45, 2.75) is 23.7 Å². The molecule has 0 amide bonds. The number of aromatic nitrogens is 2. The van der Waals surface area contributed by atoms with E-state index in [0.29, 0.717) is 11.9 Å². The molecule has 34 heavy (non-hydrogen) atoms. The van der Waals surface area contributed by atoms with E-state index in [1.807, 2.05) is 12.3 Å². The Bertz CT molecular complexity index is 1300. The summed E-state index contributed by atoms with van der Waals surface area (Å²) >= 11 is 3.35. The van der Waals surface area contributed by atoms with Crippen molar-refractivity contribution in [3.05, 3.63) is 53.5 Å². The maximum Gasteiger partial charge on any atom is 0.227 e. The largest absolute Gasteiger partial charge is 0.496 e. The Morgan fingerprint density at radius 1 is 1.03 bits per heavy atom. The molecule has 6 nitrogen and oxygen atoms in total. The Hall–Kier alpha value is -2.81. The topological polar surface area (TPSA) is 68.3 Å². The Morgan fingerprint density at radius 2 is 1.85 bits per heavy atom. The lowest BCUT2D eigenvalue weighted by molar-refractivity contribution is 0.413. The number of nitrogens with one attached hydrogen (secondary N) is 2. The minimum Gasteiger partial charge on any atom is -0.496 e. The third-order valence-electron chi connectivity index (χ3n) is 6.29. The smallest absolute Gasteiger partial charge is 0.227 e. The van der Waals surface area contributed by atoms with Crippen molar-refractivity contribution in [2.24, 2.45) is 0 Å². The second-order valence-electron chi connectivity index (χ2n) is 8.23. The molecule has 8 heteroatoms. The Balaban J connectivity index is 1.48. The normalized spacial score (nSPS) is 14.3. The summed E-state index contributed by atoms with van der Waals surface area (Å²) in [6.07, 6.45) is 6.25. The quantitative estimate of drug-likeness (QED) is 0.293. The number of methoxy groups -OCH3 is 2. The zero-order chi connectivity index (χ0) is 23.5. The van der Waals surface area contributed by atoms with E-state index in [2.05, 4.69) is 57.6 Å².